The first-order valence-corrected chi connectivity index (χ1v) is 7.23. The molecule has 106 valence electrons. The molecule has 0 heterocycles. The minimum absolute atomic E-state index is 0.163. The van der Waals surface area contributed by atoms with Crippen LogP contribution in [-0.2, 0) is 16.6 Å². The van der Waals surface area contributed by atoms with Crippen molar-refractivity contribution >= 4 is 16.8 Å². The number of nitriles is 1. The van der Waals surface area contributed by atoms with Crippen LogP contribution in [0.2, 0.25) is 0 Å². The maximum Gasteiger partial charge on any atom is 0.338 e. The van der Waals surface area contributed by atoms with Gasteiger partial charge in [0.05, 0.1) is 33.7 Å². The molecule has 4 nitrogen and oxygen atoms in total. The summed E-state index contributed by atoms with van der Waals surface area (Å²) in [6.45, 7) is 0. The minimum atomic E-state index is -1.49. The number of hydrogen-bond donors (Lipinski definition) is 1. The molecule has 2 rings (SSSR count). The number of carbonyl (C=O) groups is 1. The number of carboxylic acid groups (broad SMARTS) is 1. The first-order valence-electron chi connectivity index (χ1n) is 5.91. The van der Waals surface area contributed by atoms with E-state index in [1.54, 1.807) is 24.3 Å². The molecule has 0 aliphatic carbocycles. The maximum absolute atomic E-state index is 13.3. The van der Waals surface area contributed by atoms with Crippen molar-refractivity contribution in [2.24, 2.45) is 0 Å². The maximum atomic E-state index is 13.3. The topological polar surface area (TPSA) is 78.2 Å². The zero-order chi connectivity index (χ0) is 15.4. The van der Waals surface area contributed by atoms with Gasteiger partial charge < -0.3 is 5.11 Å². The second kappa shape index (κ2) is 6.29. The molecule has 0 amide bonds. The van der Waals surface area contributed by atoms with Crippen LogP contribution in [0.3, 0.4) is 0 Å². The first kappa shape index (κ1) is 14.9. The summed E-state index contributed by atoms with van der Waals surface area (Å²) in [6, 6.07) is 11.9. The Labute approximate surface area is 122 Å². The van der Waals surface area contributed by atoms with Gasteiger partial charge in [0.1, 0.15) is 5.82 Å². The quantitative estimate of drug-likeness (QED) is 0.942. The average Bonchev–Trinajstić information content (AvgIpc) is 2.48. The Kier molecular flexibility index (Phi) is 4.45. The second-order valence-electron chi connectivity index (χ2n) is 4.25. The molecular weight excluding hydrogens is 293 g/mol. The van der Waals surface area contributed by atoms with Crippen LogP contribution in [-0.4, -0.2) is 15.3 Å². The van der Waals surface area contributed by atoms with Crippen LogP contribution in [0.4, 0.5) is 4.39 Å². The van der Waals surface area contributed by atoms with Gasteiger partial charge in [-0.3, -0.25) is 4.21 Å². The van der Waals surface area contributed by atoms with Gasteiger partial charge in [0.2, 0.25) is 0 Å². The average molecular weight is 303 g/mol. The van der Waals surface area contributed by atoms with Gasteiger partial charge in [0.25, 0.3) is 0 Å². The third-order valence-electron chi connectivity index (χ3n) is 2.81. The largest absolute Gasteiger partial charge is 0.478 e. The molecule has 6 heteroatoms. The highest BCUT2D eigenvalue weighted by molar-refractivity contribution is 7.84. The Morgan fingerprint density at radius 2 is 1.90 bits per heavy atom. The van der Waals surface area contributed by atoms with Gasteiger partial charge in [0.15, 0.2) is 0 Å². The van der Waals surface area contributed by atoms with E-state index in [0.717, 1.165) is 17.7 Å². The third-order valence-corrected chi connectivity index (χ3v) is 4.19. The van der Waals surface area contributed by atoms with Gasteiger partial charge in [0, 0.05) is 4.90 Å². The molecular formula is C15H10FNO3S. The monoisotopic (exact) mass is 303 g/mol. The van der Waals surface area contributed by atoms with E-state index in [4.69, 9.17) is 10.4 Å². The molecule has 0 saturated carbocycles. The summed E-state index contributed by atoms with van der Waals surface area (Å²) in [4.78, 5) is 11.1. The van der Waals surface area contributed by atoms with Crippen LogP contribution in [0, 0.1) is 17.1 Å². The van der Waals surface area contributed by atoms with E-state index in [1.165, 1.54) is 6.07 Å². The highest BCUT2D eigenvalue weighted by Crippen LogP contribution is 2.17. The van der Waals surface area contributed by atoms with Crippen molar-refractivity contribution in [1.82, 2.24) is 0 Å². The molecule has 0 bridgehead atoms. The van der Waals surface area contributed by atoms with Crippen molar-refractivity contribution in [3.8, 4) is 6.07 Å². The summed E-state index contributed by atoms with van der Waals surface area (Å²) in [5.41, 5.74) is 0.744. The number of aromatic carboxylic acids is 1. The molecule has 0 spiro atoms. The van der Waals surface area contributed by atoms with E-state index in [1.807, 2.05) is 6.07 Å². The van der Waals surface area contributed by atoms with Gasteiger partial charge in [-0.1, -0.05) is 12.1 Å². The Morgan fingerprint density at radius 1 is 1.24 bits per heavy atom. The van der Waals surface area contributed by atoms with Crippen molar-refractivity contribution in [1.29, 1.82) is 5.26 Å². The van der Waals surface area contributed by atoms with Gasteiger partial charge in [-0.05, 0) is 35.9 Å². The number of nitrogens with zero attached hydrogens (tertiary/aromatic N) is 1. The molecule has 1 atom stereocenters. The van der Waals surface area contributed by atoms with E-state index in [9.17, 15) is 13.4 Å². The fourth-order valence-corrected chi connectivity index (χ4v) is 2.85. The fourth-order valence-electron chi connectivity index (χ4n) is 1.72. The molecule has 1 unspecified atom stereocenters. The van der Waals surface area contributed by atoms with Gasteiger partial charge in [-0.15, -0.1) is 0 Å². The predicted molar refractivity (Wildman–Crippen MR) is 74.6 cm³/mol. The third kappa shape index (κ3) is 3.52. The van der Waals surface area contributed by atoms with E-state index >= 15 is 0 Å². The number of carboxylic acids is 1. The second-order valence-corrected chi connectivity index (χ2v) is 5.70. The van der Waals surface area contributed by atoms with E-state index in [0.29, 0.717) is 5.56 Å². The van der Waals surface area contributed by atoms with Crippen molar-refractivity contribution in [2.45, 2.75) is 10.6 Å². The van der Waals surface area contributed by atoms with E-state index in [2.05, 4.69) is 0 Å². The zero-order valence-corrected chi connectivity index (χ0v) is 11.6. The molecule has 0 saturated heterocycles. The summed E-state index contributed by atoms with van der Waals surface area (Å²) in [6.07, 6.45) is 0. The van der Waals surface area contributed by atoms with Crippen LogP contribution in [0.25, 0.3) is 0 Å². The number of halogens is 1. The summed E-state index contributed by atoms with van der Waals surface area (Å²) in [5, 5.41) is 17.5. The molecule has 21 heavy (non-hydrogen) atoms. The van der Waals surface area contributed by atoms with Crippen molar-refractivity contribution in [3.05, 3.63) is 65.0 Å². The lowest BCUT2D eigenvalue weighted by atomic mass is 10.2. The van der Waals surface area contributed by atoms with Crippen molar-refractivity contribution in [2.75, 3.05) is 0 Å². The lowest BCUT2D eigenvalue weighted by Gasteiger charge is -2.05. The molecule has 0 aliphatic heterocycles. The molecule has 0 aliphatic rings. The van der Waals surface area contributed by atoms with Crippen LogP contribution in [0.5, 0.6) is 0 Å². The minimum Gasteiger partial charge on any atom is -0.478 e. The SMILES string of the molecule is N#Cc1ccc(CS(=O)c2ccc(F)c(C(=O)O)c2)cc1. The predicted octanol–water partition coefficient (Wildman–Crippen LogP) is 2.70. The normalized spacial score (nSPS) is 11.6. The summed E-state index contributed by atoms with van der Waals surface area (Å²) >= 11 is 0. The number of rotatable bonds is 4. The Morgan fingerprint density at radius 3 is 2.48 bits per heavy atom. The van der Waals surface area contributed by atoms with Crippen LogP contribution in [0.15, 0.2) is 47.4 Å². The van der Waals surface area contributed by atoms with Crippen LogP contribution in [0.1, 0.15) is 21.5 Å². The van der Waals surface area contributed by atoms with Gasteiger partial charge in [-0.2, -0.15) is 5.26 Å². The Balaban J connectivity index is 2.22. The van der Waals surface area contributed by atoms with Gasteiger partial charge >= 0.3 is 5.97 Å². The highest BCUT2D eigenvalue weighted by Gasteiger charge is 2.14. The van der Waals surface area contributed by atoms with E-state index in [-0.39, 0.29) is 10.6 Å². The molecule has 0 aromatic heterocycles. The first-order chi connectivity index (χ1) is 10.0. The summed E-state index contributed by atoms with van der Waals surface area (Å²) in [7, 11) is -1.49. The van der Waals surface area contributed by atoms with Crippen molar-refractivity contribution in [3.63, 3.8) is 0 Å². The zero-order valence-electron chi connectivity index (χ0n) is 10.7. The number of hydrogen-bond acceptors (Lipinski definition) is 3. The fraction of sp³-hybridized carbons (Fsp3) is 0.0667. The Hall–Kier alpha value is -2.52. The lowest BCUT2D eigenvalue weighted by Crippen LogP contribution is -2.04. The Bertz CT molecular complexity index is 751. The summed E-state index contributed by atoms with van der Waals surface area (Å²) < 4.78 is 25.5. The standard InChI is InChI=1S/C15H10FNO3S/c16-14-6-5-12(7-13(14)15(18)19)21(20)9-11-3-1-10(8-17)2-4-11/h1-7H,9H2,(H,18,19). The lowest BCUT2D eigenvalue weighted by molar-refractivity contribution is 0.0691. The van der Waals surface area contributed by atoms with Crippen molar-refractivity contribution < 1.29 is 18.5 Å². The smallest absolute Gasteiger partial charge is 0.338 e. The molecule has 2 aromatic carbocycles. The molecule has 0 radical (unpaired) electrons. The number of benzene rings is 2. The van der Waals surface area contributed by atoms with Crippen LogP contribution < -0.4 is 0 Å². The van der Waals surface area contributed by atoms with E-state index < -0.39 is 28.1 Å². The molecule has 0 fully saturated rings. The molecule has 1 N–H and O–H groups in total. The molecule has 2 aromatic rings. The summed E-state index contributed by atoms with van der Waals surface area (Å²) in [5.74, 6) is -2.09. The van der Waals surface area contributed by atoms with Crippen LogP contribution >= 0.6 is 0 Å². The highest BCUT2D eigenvalue weighted by atomic mass is 32.2. The van der Waals surface area contributed by atoms with Gasteiger partial charge in [-0.25, -0.2) is 9.18 Å².